The van der Waals surface area contributed by atoms with E-state index in [-0.39, 0.29) is 36.7 Å². The summed E-state index contributed by atoms with van der Waals surface area (Å²) in [5, 5.41) is 0.859. The quantitative estimate of drug-likeness (QED) is 0.622. The largest absolute Gasteiger partial charge is 0.337 e. The molecule has 0 spiro atoms. The Labute approximate surface area is 166 Å². The van der Waals surface area contributed by atoms with Gasteiger partial charge in [-0.1, -0.05) is 24.3 Å². The second-order valence-corrected chi connectivity index (χ2v) is 7.82. The monoisotopic (exact) mass is 393 g/mol. The Bertz CT molecular complexity index is 1020. The van der Waals surface area contributed by atoms with E-state index in [4.69, 9.17) is 0 Å². The zero-order valence-electron chi connectivity index (χ0n) is 15.6. The van der Waals surface area contributed by atoms with Crippen LogP contribution in [0.5, 0.6) is 0 Å². The molecule has 0 bridgehead atoms. The van der Waals surface area contributed by atoms with Gasteiger partial charge in [0.25, 0.3) is 11.8 Å². The van der Waals surface area contributed by atoms with Crippen molar-refractivity contribution >= 4 is 39.3 Å². The standard InChI is InChI=1S/C21H19N3O3S/c1-13(19-22-16-9-5-6-10-17(16)28-19)23(2)18(25)11-12-24-20(26)14-7-3-4-8-15(14)21(24)27/h3-10,13H,11-12H2,1-2H3/t13-/m1/s1. The molecule has 0 fully saturated rings. The van der Waals surface area contributed by atoms with Crippen LogP contribution < -0.4 is 0 Å². The lowest BCUT2D eigenvalue weighted by Crippen LogP contribution is -2.36. The number of imide groups is 1. The van der Waals surface area contributed by atoms with E-state index in [0.29, 0.717) is 11.1 Å². The molecule has 4 rings (SSSR count). The van der Waals surface area contributed by atoms with E-state index >= 15 is 0 Å². The first-order chi connectivity index (χ1) is 13.5. The van der Waals surface area contributed by atoms with Gasteiger partial charge < -0.3 is 4.90 Å². The highest BCUT2D eigenvalue weighted by Gasteiger charge is 2.35. The Hall–Kier alpha value is -3.06. The molecule has 1 aliphatic rings. The predicted octanol–water partition coefficient (Wildman–Crippen LogP) is 3.50. The van der Waals surface area contributed by atoms with Crippen LogP contribution in [0.15, 0.2) is 48.5 Å². The average molecular weight is 393 g/mol. The molecule has 0 unspecified atom stereocenters. The Morgan fingerprint density at radius 3 is 2.32 bits per heavy atom. The summed E-state index contributed by atoms with van der Waals surface area (Å²) in [7, 11) is 1.72. The first-order valence-electron chi connectivity index (χ1n) is 9.03. The van der Waals surface area contributed by atoms with Crippen LogP contribution in [0.3, 0.4) is 0 Å². The molecule has 2 aromatic carbocycles. The molecule has 1 atom stereocenters. The van der Waals surface area contributed by atoms with E-state index in [1.807, 2.05) is 31.2 Å². The van der Waals surface area contributed by atoms with Gasteiger partial charge in [-0.2, -0.15) is 0 Å². The minimum atomic E-state index is -0.338. The maximum atomic E-state index is 12.7. The van der Waals surface area contributed by atoms with Crippen LogP contribution in [-0.4, -0.2) is 46.1 Å². The maximum Gasteiger partial charge on any atom is 0.261 e. The lowest BCUT2D eigenvalue weighted by molar-refractivity contribution is -0.131. The summed E-state index contributed by atoms with van der Waals surface area (Å²) in [5.74, 6) is -0.811. The number of para-hydroxylation sites is 1. The number of nitrogens with zero attached hydrogens (tertiary/aromatic N) is 3. The summed E-state index contributed by atoms with van der Waals surface area (Å²) >= 11 is 1.56. The van der Waals surface area contributed by atoms with Gasteiger partial charge in [-0.15, -0.1) is 11.3 Å². The van der Waals surface area contributed by atoms with Gasteiger partial charge in [0.2, 0.25) is 5.91 Å². The van der Waals surface area contributed by atoms with E-state index in [2.05, 4.69) is 4.98 Å². The van der Waals surface area contributed by atoms with Gasteiger partial charge in [0.15, 0.2) is 0 Å². The van der Waals surface area contributed by atoms with Crippen molar-refractivity contribution in [3.05, 3.63) is 64.7 Å². The van der Waals surface area contributed by atoms with Crippen molar-refractivity contribution < 1.29 is 14.4 Å². The Morgan fingerprint density at radius 2 is 1.68 bits per heavy atom. The molecule has 28 heavy (non-hydrogen) atoms. The van der Waals surface area contributed by atoms with Crippen LogP contribution in [0.2, 0.25) is 0 Å². The van der Waals surface area contributed by atoms with Gasteiger partial charge in [0, 0.05) is 20.0 Å². The molecule has 0 aliphatic carbocycles. The molecule has 0 saturated heterocycles. The third kappa shape index (κ3) is 3.07. The normalized spacial score (nSPS) is 14.4. The SMILES string of the molecule is C[C@H](c1nc2ccccc2s1)N(C)C(=O)CCN1C(=O)c2ccccc2C1=O. The molecule has 1 aromatic heterocycles. The fourth-order valence-electron chi connectivity index (χ4n) is 3.28. The highest BCUT2D eigenvalue weighted by atomic mass is 32.1. The predicted molar refractivity (Wildman–Crippen MR) is 107 cm³/mol. The molecule has 0 saturated carbocycles. The third-order valence-electron chi connectivity index (χ3n) is 5.07. The van der Waals surface area contributed by atoms with E-state index in [1.54, 1.807) is 47.5 Å². The van der Waals surface area contributed by atoms with Gasteiger partial charge in [0.1, 0.15) is 5.01 Å². The fourth-order valence-corrected chi connectivity index (χ4v) is 4.34. The molecule has 3 amide bonds. The van der Waals surface area contributed by atoms with Crippen molar-refractivity contribution in [1.29, 1.82) is 0 Å². The van der Waals surface area contributed by atoms with E-state index in [1.165, 1.54) is 0 Å². The summed E-state index contributed by atoms with van der Waals surface area (Å²) in [5.41, 5.74) is 1.72. The Balaban J connectivity index is 1.42. The molecule has 6 nitrogen and oxygen atoms in total. The second kappa shape index (κ2) is 7.16. The Morgan fingerprint density at radius 1 is 1.07 bits per heavy atom. The lowest BCUT2D eigenvalue weighted by atomic mass is 10.1. The van der Waals surface area contributed by atoms with Crippen molar-refractivity contribution in [2.75, 3.05) is 13.6 Å². The summed E-state index contributed by atoms with van der Waals surface area (Å²) in [6, 6.07) is 14.4. The Kier molecular flexibility index (Phi) is 4.68. The van der Waals surface area contributed by atoms with Crippen molar-refractivity contribution in [2.45, 2.75) is 19.4 Å². The molecule has 7 heteroatoms. The van der Waals surface area contributed by atoms with Crippen molar-refractivity contribution in [3.63, 3.8) is 0 Å². The zero-order chi connectivity index (χ0) is 19.8. The smallest absolute Gasteiger partial charge is 0.261 e. The third-order valence-corrected chi connectivity index (χ3v) is 6.28. The van der Waals surface area contributed by atoms with Crippen LogP contribution in [0, 0.1) is 0 Å². The van der Waals surface area contributed by atoms with Crippen LogP contribution in [0.25, 0.3) is 10.2 Å². The van der Waals surface area contributed by atoms with Gasteiger partial charge in [-0.25, -0.2) is 4.98 Å². The van der Waals surface area contributed by atoms with Gasteiger partial charge in [0.05, 0.1) is 27.4 Å². The van der Waals surface area contributed by atoms with Crippen LogP contribution in [0.1, 0.15) is 45.1 Å². The van der Waals surface area contributed by atoms with Gasteiger partial charge >= 0.3 is 0 Å². The second-order valence-electron chi connectivity index (χ2n) is 6.76. The lowest BCUT2D eigenvalue weighted by Gasteiger charge is -2.24. The fraction of sp³-hybridized carbons (Fsp3) is 0.238. The number of thiazole rings is 1. The number of carbonyl (C=O) groups excluding carboxylic acids is 3. The molecular weight excluding hydrogens is 374 g/mol. The zero-order valence-corrected chi connectivity index (χ0v) is 16.4. The van der Waals surface area contributed by atoms with Crippen LogP contribution >= 0.6 is 11.3 Å². The topological polar surface area (TPSA) is 70.6 Å². The van der Waals surface area contributed by atoms with Crippen LogP contribution in [-0.2, 0) is 4.79 Å². The number of hydrogen-bond acceptors (Lipinski definition) is 5. The maximum absolute atomic E-state index is 12.7. The van der Waals surface area contributed by atoms with Crippen molar-refractivity contribution in [1.82, 2.24) is 14.8 Å². The van der Waals surface area contributed by atoms with E-state index in [0.717, 1.165) is 20.1 Å². The van der Waals surface area contributed by atoms with Crippen LogP contribution in [0.4, 0.5) is 0 Å². The highest BCUT2D eigenvalue weighted by molar-refractivity contribution is 7.18. The molecule has 142 valence electrons. The molecule has 0 N–H and O–H groups in total. The van der Waals surface area contributed by atoms with E-state index < -0.39 is 0 Å². The number of hydrogen-bond donors (Lipinski definition) is 0. The number of rotatable bonds is 5. The first-order valence-corrected chi connectivity index (χ1v) is 9.85. The van der Waals surface area contributed by atoms with Crippen molar-refractivity contribution in [3.8, 4) is 0 Å². The molecule has 3 aromatic rings. The number of benzene rings is 2. The summed E-state index contributed by atoms with van der Waals surface area (Å²) in [4.78, 5) is 44.9. The minimum absolute atomic E-state index is 0.0715. The number of aromatic nitrogens is 1. The summed E-state index contributed by atoms with van der Waals surface area (Å²) in [6.45, 7) is 2.00. The number of amides is 3. The number of fused-ring (bicyclic) bond motifs is 2. The van der Waals surface area contributed by atoms with Gasteiger partial charge in [-0.05, 0) is 31.2 Å². The van der Waals surface area contributed by atoms with E-state index in [9.17, 15) is 14.4 Å². The molecule has 2 heterocycles. The highest BCUT2D eigenvalue weighted by Crippen LogP contribution is 2.29. The van der Waals surface area contributed by atoms with Crippen molar-refractivity contribution in [2.24, 2.45) is 0 Å². The summed E-state index contributed by atoms with van der Waals surface area (Å²) in [6.07, 6.45) is 0.0806. The minimum Gasteiger partial charge on any atom is -0.337 e. The van der Waals surface area contributed by atoms with Gasteiger partial charge in [-0.3, -0.25) is 19.3 Å². The molecule has 1 aliphatic heterocycles. The summed E-state index contributed by atoms with van der Waals surface area (Å²) < 4.78 is 1.08. The first kappa shape index (κ1) is 18.3. The molecule has 0 radical (unpaired) electrons. The molecular formula is C21H19N3O3S. The number of carbonyl (C=O) groups is 3. The average Bonchev–Trinajstić information content (AvgIpc) is 3.25.